The van der Waals surface area contributed by atoms with Crippen molar-refractivity contribution in [3.63, 3.8) is 0 Å². The second-order valence-electron chi connectivity index (χ2n) is 8.18. The Morgan fingerprint density at radius 2 is 1.81 bits per heavy atom. The third kappa shape index (κ3) is 4.17. The second kappa shape index (κ2) is 9.95. The van der Waals surface area contributed by atoms with Crippen LogP contribution in [0.1, 0.15) is 23.7 Å². The summed E-state index contributed by atoms with van der Waals surface area (Å²) in [5.41, 5.74) is 2.47. The van der Waals surface area contributed by atoms with E-state index in [9.17, 15) is 14.8 Å². The summed E-state index contributed by atoms with van der Waals surface area (Å²) in [6.07, 6.45) is 0.563. The molecule has 5 aromatic rings. The molecule has 0 atom stereocenters. The summed E-state index contributed by atoms with van der Waals surface area (Å²) in [6, 6.07) is 22.0. The third-order valence-corrected chi connectivity index (χ3v) is 5.98. The second-order valence-corrected chi connectivity index (χ2v) is 8.18. The Kier molecular flexibility index (Phi) is 6.40. The molecule has 2 heterocycles. The summed E-state index contributed by atoms with van der Waals surface area (Å²) < 4.78 is 19.0. The molecule has 0 aliphatic carbocycles. The Morgan fingerprint density at radius 3 is 2.58 bits per heavy atom. The molecule has 5 rings (SSSR count). The van der Waals surface area contributed by atoms with Crippen molar-refractivity contribution in [2.24, 2.45) is 5.18 Å². The van der Waals surface area contributed by atoms with Crippen molar-refractivity contribution >= 4 is 33.5 Å². The Balaban J connectivity index is 1.37. The molecule has 0 fully saturated rings. The van der Waals surface area contributed by atoms with Crippen LogP contribution in [-0.4, -0.2) is 28.9 Å². The molecule has 3 aromatic carbocycles. The molecule has 0 aliphatic rings. The van der Waals surface area contributed by atoms with Gasteiger partial charge in [-0.15, -0.1) is 4.91 Å². The smallest absolute Gasteiger partial charge is 0.342 e. The molecule has 0 amide bonds. The predicted octanol–water partition coefficient (Wildman–Crippen LogP) is 6.80. The summed E-state index contributed by atoms with van der Waals surface area (Å²) in [5.74, 6) is 0.418. The minimum Gasteiger partial charge on any atom is -0.494 e. The van der Waals surface area contributed by atoms with E-state index in [0.717, 1.165) is 11.1 Å². The summed E-state index contributed by atoms with van der Waals surface area (Å²) in [4.78, 5) is 24.0. The van der Waals surface area contributed by atoms with Gasteiger partial charge >= 0.3 is 5.97 Å². The van der Waals surface area contributed by atoms with E-state index in [0.29, 0.717) is 53.0 Å². The molecule has 36 heavy (non-hydrogen) atoms. The number of para-hydroxylation sites is 1. The molecule has 1 N–H and O–H groups in total. The minimum absolute atomic E-state index is 0.0395. The summed E-state index contributed by atoms with van der Waals surface area (Å²) in [7, 11) is 0. The van der Waals surface area contributed by atoms with Gasteiger partial charge in [-0.2, -0.15) is 0 Å². The van der Waals surface area contributed by atoms with Gasteiger partial charge in [-0.25, -0.2) is 4.79 Å². The summed E-state index contributed by atoms with van der Waals surface area (Å²) in [6.45, 7) is 2.79. The molecule has 0 spiro atoms. The Labute approximate surface area is 206 Å². The maximum atomic E-state index is 12.8. The number of nitrogens with zero attached hydrogens (tertiary/aromatic N) is 2. The van der Waals surface area contributed by atoms with Crippen molar-refractivity contribution in [1.29, 1.82) is 0 Å². The van der Waals surface area contributed by atoms with Gasteiger partial charge in [-0.05, 0) is 42.8 Å². The third-order valence-electron chi connectivity index (χ3n) is 5.98. The van der Waals surface area contributed by atoms with E-state index in [4.69, 9.17) is 13.9 Å². The van der Waals surface area contributed by atoms with Crippen LogP contribution in [0, 0.1) is 4.91 Å². The SMILES string of the molecule is CCOC(=O)c1c(-c2ccccc2)oc2ccc(OCCCn3c(O)c(N=O)c4ccccc43)cc12. The Bertz CT molecular complexity index is 1550. The van der Waals surface area contributed by atoms with Crippen LogP contribution in [0.3, 0.4) is 0 Å². The molecule has 0 radical (unpaired) electrons. The highest BCUT2D eigenvalue weighted by Crippen LogP contribution is 2.39. The van der Waals surface area contributed by atoms with E-state index in [1.54, 1.807) is 41.8 Å². The first-order valence-corrected chi connectivity index (χ1v) is 11.7. The van der Waals surface area contributed by atoms with Gasteiger partial charge in [0.1, 0.15) is 22.7 Å². The van der Waals surface area contributed by atoms with Gasteiger partial charge in [0, 0.05) is 22.9 Å². The predicted molar refractivity (Wildman–Crippen MR) is 137 cm³/mol. The fraction of sp³-hybridized carbons (Fsp3) is 0.179. The Hall–Kier alpha value is -4.59. The zero-order valence-corrected chi connectivity index (χ0v) is 19.6. The van der Waals surface area contributed by atoms with Crippen molar-refractivity contribution in [2.45, 2.75) is 19.9 Å². The first-order chi connectivity index (χ1) is 17.6. The number of fused-ring (bicyclic) bond motifs is 2. The van der Waals surface area contributed by atoms with Crippen LogP contribution in [-0.2, 0) is 11.3 Å². The molecule has 182 valence electrons. The maximum absolute atomic E-state index is 12.8. The number of carbonyl (C=O) groups is 1. The normalized spacial score (nSPS) is 11.1. The van der Waals surface area contributed by atoms with Crippen LogP contribution >= 0.6 is 0 Å². The van der Waals surface area contributed by atoms with Gasteiger partial charge in [-0.1, -0.05) is 48.5 Å². The van der Waals surface area contributed by atoms with E-state index in [1.807, 2.05) is 42.5 Å². The van der Waals surface area contributed by atoms with Gasteiger partial charge in [0.15, 0.2) is 5.69 Å². The highest BCUT2D eigenvalue weighted by atomic mass is 16.5. The Morgan fingerprint density at radius 1 is 1.03 bits per heavy atom. The first-order valence-electron chi connectivity index (χ1n) is 11.7. The average molecular weight is 485 g/mol. The number of ether oxygens (including phenoxy) is 2. The minimum atomic E-state index is -0.457. The van der Waals surface area contributed by atoms with E-state index in [2.05, 4.69) is 5.18 Å². The van der Waals surface area contributed by atoms with Gasteiger partial charge in [-0.3, -0.25) is 0 Å². The monoisotopic (exact) mass is 484 g/mol. The number of carbonyl (C=O) groups excluding carboxylic acids is 1. The quantitative estimate of drug-likeness (QED) is 0.140. The average Bonchev–Trinajstić information content (AvgIpc) is 3.41. The van der Waals surface area contributed by atoms with Crippen molar-refractivity contribution in [1.82, 2.24) is 4.57 Å². The maximum Gasteiger partial charge on any atom is 0.342 e. The number of rotatable bonds is 9. The zero-order chi connectivity index (χ0) is 25.1. The van der Waals surface area contributed by atoms with Crippen molar-refractivity contribution in [3.8, 4) is 23.0 Å². The number of esters is 1. The lowest BCUT2D eigenvalue weighted by atomic mass is 10.1. The lowest BCUT2D eigenvalue weighted by Gasteiger charge is -2.09. The molecular weight excluding hydrogens is 460 g/mol. The van der Waals surface area contributed by atoms with E-state index < -0.39 is 5.97 Å². The van der Waals surface area contributed by atoms with Gasteiger partial charge in [0.25, 0.3) is 0 Å². The molecule has 0 unspecified atom stereocenters. The number of aromatic nitrogens is 1. The highest BCUT2D eigenvalue weighted by molar-refractivity contribution is 6.09. The van der Waals surface area contributed by atoms with Crippen molar-refractivity contribution in [3.05, 3.63) is 83.3 Å². The number of aryl methyl sites for hydroxylation is 1. The van der Waals surface area contributed by atoms with Crippen LogP contribution in [0.25, 0.3) is 33.2 Å². The largest absolute Gasteiger partial charge is 0.494 e. The molecule has 0 saturated heterocycles. The fourth-order valence-electron chi connectivity index (χ4n) is 4.37. The van der Waals surface area contributed by atoms with E-state index in [1.165, 1.54) is 0 Å². The lowest BCUT2D eigenvalue weighted by molar-refractivity contribution is 0.0528. The van der Waals surface area contributed by atoms with Gasteiger partial charge in [0.2, 0.25) is 5.88 Å². The zero-order valence-electron chi connectivity index (χ0n) is 19.6. The molecule has 8 heteroatoms. The summed E-state index contributed by atoms with van der Waals surface area (Å²) >= 11 is 0. The van der Waals surface area contributed by atoms with Gasteiger partial charge in [0.05, 0.1) is 18.7 Å². The number of furan rings is 1. The molecule has 0 bridgehead atoms. The highest BCUT2D eigenvalue weighted by Gasteiger charge is 2.24. The molecule has 8 nitrogen and oxygen atoms in total. The number of hydrogen-bond donors (Lipinski definition) is 1. The number of aromatic hydroxyl groups is 1. The van der Waals surface area contributed by atoms with Crippen LogP contribution in [0.2, 0.25) is 0 Å². The van der Waals surface area contributed by atoms with Crippen molar-refractivity contribution in [2.75, 3.05) is 13.2 Å². The lowest BCUT2D eigenvalue weighted by Crippen LogP contribution is -2.06. The van der Waals surface area contributed by atoms with Crippen LogP contribution in [0.15, 0.2) is 82.4 Å². The topological polar surface area (TPSA) is 103 Å². The summed E-state index contributed by atoms with van der Waals surface area (Å²) in [5, 5.41) is 14.6. The van der Waals surface area contributed by atoms with E-state index in [-0.39, 0.29) is 18.2 Å². The fourth-order valence-corrected chi connectivity index (χ4v) is 4.37. The number of hydrogen-bond acceptors (Lipinski definition) is 7. The van der Waals surface area contributed by atoms with E-state index >= 15 is 0 Å². The number of nitroso groups, excluding NO2 is 1. The molecule has 2 aromatic heterocycles. The first kappa shape index (κ1) is 23.2. The molecular formula is C28H24N2O6. The van der Waals surface area contributed by atoms with Crippen LogP contribution in [0.5, 0.6) is 11.6 Å². The standard InChI is InChI=1S/C28H24N2O6/c1-2-34-28(32)24-21-17-19(13-14-23(21)36-26(24)18-9-4-3-5-10-18)35-16-8-15-30-22-12-7-6-11-20(22)25(29-33)27(30)31/h3-7,9-14,17,31H,2,8,15-16H2,1H3. The van der Waals surface area contributed by atoms with Gasteiger partial charge < -0.3 is 23.6 Å². The van der Waals surface area contributed by atoms with Crippen LogP contribution in [0.4, 0.5) is 5.69 Å². The molecule has 0 saturated carbocycles. The van der Waals surface area contributed by atoms with Crippen LogP contribution < -0.4 is 4.74 Å². The number of benzene rings is 3. The van der Waals surface area contributed by atoms with Crippen molar-refractivity contribution < 1.29 is 23.8 Å². The molecule has 0 aliphatic heterocycles.